The Kier molecular flexibility index (Phi) is 7.43. The highest BCUT2D eigenvalue weighted by Crippen LogP contribution is 2.54. The number of carbonyl (C=O) groups is 1. The van der Waals surface area contributed by atoms with Gasteiger partial charge in [0.05, 0.1) is 12.6 Å². The second-order valence-corrected chi connectivity index (χ2v) is 12.5. The molecule has 1 aromatic rings. The average molecular weight is 508 g/mol. The van der Waals surface area contributed by atoms with E-state index in [9.17, 15) is 9.90 Å². The Hall–Kier alpha value is -2.31. The van der Waals surface area contributed by atoms with Crippen LogP contribution in [-0.4, -0.2) is 58.0 Å². The second kappa shape index (κ2) is 10.5. The molecule has 202 valence electrons. The first-order chi connectivity index (χ1) is 17.6. The molecule has 5 rings (SSSR count). The molecule has 6 nitrogen and oxygen atoms in total. The van der Waals surface area contributed by atoms with Gasteiger partial charge in [0.2, 0.25) is 0 Å². The summed E-state index contributed by atoms with van der Waals surface area (Å²) >= 11 is 0. The number of nitrogens with one attached hydrogen (secondary N) is 1. The predicted octanol–water partition coefficient (Wildman–Crippen LogP) is 5.59. The van der Waals surface area contributed by atoms with Crippen LogP contribution in [0.1, 0.15) is 78.7 Å². The molecule has 1 amide bonds. The zero-order valence-corrected chi connectivity index (χ0v) is 23.3. The molecule has 2 saturated carbocycles. The summed E-state index contributed by atoms with van der Waals surface area (Å²) in [5.74, 6) is 0.999. The number of benzene rings is 1. The van der Waals surface area contributed by atoms with Gasteiger partial charge in [-0.25, -0.2) is 4.79 Å². The molecular weight excluding hydrogens is 462 g/mol. The largest absolute Gasteiger partial charge is 0.444 e. The van der Waals surface area contributed by atoms with Gasteiger partial charge in [0, 0.05) is 42.7 Å². The van der Waals surface area contributed by atoms with Crippen LogP contribution in [-0.2, 0) is 11.3 Å². The quantitative estimate of drug-likeness (QED) is 0.492. The monoisotopic (exact) mass is 507 g/mol. The number of aliphatic hydroxyl groups is 1. The van der Waals surface area contributed by atoms with Crippen molar-refractivity contribution in [3.8, 4) is 0 Å². The minimum absolute atomic E-state index is 0.257. The summed E-state index contributed by atoms with van der Waals surface area (Å²) in [5, 5.41) is 15.2. The summed E-state index contributed by atoms with van der Waals surface area (Å²) in [6, 6.07) is 11.2. The fourth-order valence-corrected chi connectivity index (χ4v) is 6.75. The van der Waals surface area contributed by atoms with Gasteiger partial charge in [0.25, 0.3) is 0 Å². The average Bonchev–Trinajstić information content (AvgIpc) is 3.53. The Balaban J connectivity index is 1.43. The van der Waals surface area contributed by atoms with E-state index in [1.807, 2.05) is 25.7 Å². The summed E-state index contributed by atoms with van der Waals surface area (Å²) in [4.78, 5) is 17.4. The molecule has 2 N–H and O–H groups in total. The van der Waals surface area contributed by atoms with E-state index in [-0.39, 0.29) is 12.1 Å². The molecule has 0 spiro atoms. The fraction of sp³-hybridized carbons (Fsp3) is 0.645. The van der Waals surface area contributed by atoms with Gasteiger partial charge in [0.15, 0.2) is 0 Å². The van der Waals surface area contributed by atoms with Crippen LogP contribution in [0.5, 0.6) is 0 Å². The Bertz CT molecular complexity index is 1050. The van der Waals surface area contributed by atoms with Crippen molar-refractivity contribution in [2.75, 3.05) is 13.1 Å². The molecule has 2 heterocycles. The van der Waals surface area contributed by atoms with E-state index in [1.165, 1.54) is 48.9 Å². The normalized spacial score (nSPS) is 26.0. The lowest BCUT2D eigenvalue weighted by atomic mass is 9.84. The first-order valence-electron chi connectivity index (χ1n) is 14.3. The number of nitrogens with zero attached hydrogens (tertiary/aromatic N) is 2. The van der Waals surface area contributed by atoms with Gasteiger partial charge in [-0.2, -0.15) is 0 Å². The molecule has 1 aromatic carbocycles. The van der Waals surface area contributed by atoms with Crippen molar-refractivity contribution in [3.63, 3.8) is 0 Å². The van der Waals surface area contributed by atoms with Gasteiger partial charge >= 0.3 is 6.09 Å². The van der Waals surface area contributed by atoms with Crippen LogP contribution in [0.2, 0.25) is 0 Å². The van der Waals surface area contributed by atoms with Crippen LogP contribution in [0.15, 0.2) is 52.7 Å². The van der Waals surface area contributed by atoms with E-state index in [0.717, 1.165) is 24.1 Å². The molecule has 0 aromatic heterocycles. The van der Waals surface area contributed by atoms with E-state index in [2.05, 4.69) is 54.4 Å². The Morgan fingerprint density at radius 1 is 1.16 bits per heavy atom. The van der Waals surface area contributed by atoms with Crippen LogP contribution >= 0.6 is 0 Å². The molecule has 2 aliphatic carbocycles. The number of fused-ring (bicyclic) bond motifs is 1. The number of hydrogen-bond donors (Lipinski definition) is 2. The number of aliphatic hydroxyl groups excluding tert-OH is 1. The topological polar surface area (TPSA) is 65.0 Å². The lowest BCUT2D eigenvalue weighted by molar-refractivity contribution is 0.0247. The minimum Gasteiger partial charge on any atom is -0.444 e. The van der Waals surface area contributed by atoms with Crippen LogP contribution in [0.4, 0.5) is 4.79 Å². The highest BCUT2D eigenvalue weighted by Gasteiger charge is 2.53. The van der Waals surface area contributed by atoms with Crippen molar-refractivity contribution in [3.05, 3.63) is 58.3 Å². The molecule has 2 aliphatic heterocycles. The molecule has 4 aliphatic rings. The molecule has 0 radical (unpaired) electrons. The van der Waals surface area contributed by atoms with Gasteiger partial charge in [-0.3, -0.25) is 5.32 Å². The lowest BCUT2D eigenvalue weighted by Gasteiger charge is -2.41. The third-order valence-corrected chi connectivity index (χ3v) is 8.71. The third kappa shape index (κ3) is 5.61. The molecule has 37 heavy (non-hydrogen) atoms. The van der Waals surface area contributed by atoms with Crippen molar-refractivity contribution in [2.45, 2.75) is 104 Å². The standard InChI is InChI=1S/C31H45N3O3/c1-20-26-27(29(35)32-21(2)23-14-10-7-11-15-23)24-19-33(30(36)37-31(3,4)5)17-16-25(24)34(28(20)26)18-22-12-8-6-9-13-22/h6,8-9,12-13,20-21,23,28-29,32,35H,7,10-11,14-19H2,1-5H3/t20?,21-,28?,29?/m1/s1. The number of hydrogen-bond acceptors (Lipinski definition) is 5. The van der Waals surface area contributed by atoms with Gasteiger partial charge < -0.3 is 19.6 Å². The van der Waals surface area contributed by atoms with E-state index >= 15 is 0 Å². The summed E-state index contributed by atoms with van der Waals surface area (Å²) in [7, 11) is 0. The van der Waals surface area contributed by atoms with Gasteiger partial charge in [0.1, 0.15) is 11.8 Å². The third-order valence-electron chi connectivity index (χ3n) is 8.71. The van der Waals surface area contributed by atoms with Crippen LogP contribution < -0.4 is 5.32 Å². The van der Waals surface area contributed by atoms with E-state index in [4.69, 9.17) is 4.74 Å². The minimum atomic E-state index is -0.721. The SMILES string of the molecule is CC1C2=C(C(O)N[C@H](C)C3CCCCC3)C3=C(CCN(C(=O)OC(C)(C)C)C3)N(Cc3ccccc3)C21. The fourth-order valence-electron chi connectivity index (χ4n) is 6.75. The molecule has 2 fully saturated rings. The molecular formula is C31H45N3O3. The van der Waals surface area contributed by atoms with Crippen molar-refractivity contribution < 1.29 is 14.6 Å². The van der Waals surface area contributed by atoms with E-state index in [1.54, 1.807) is 0 Å². The zero-order valence-electron chi connectivity index (χ0n) is 23.3. The predicted molar refractivity (Wildman–Crippen MR) is 147 cm³/mol. The van der Waals surface area contributed by atoms with Crippen molar-refractivity contribution in [2.24, 2.45) is 11.8 Å². The van der Waals surface area contributed by atoms with E-state index < -0.39 is 11.8 Å². The Morgan fingerprint density at radius 2 is 1.86 bits per heavy atom. The summed E-state index contributed by atoms with van der Waals surface area (Å²) in [6.45, 7) is 12.2. The Labute approximate surface area is 222 Å². The smallest absolute Gasteiger partial charge is 0.410 e. The highest BCUT2D eigenvalue weighted by molar-refractivity contribution is 5.70. The number of amides is 1. The van der Waals surface area contributed by atoms with Gasteiger partial charge in [-0.1, -0.05) is 56.5 Å². The molecule has 4 atom stereocenters. The maximum absolute atomic E-state index is 13.1. The second-order valence-electron chi connectivity index (χ2n) is 12.5. The maximum Gasteiger partial charge on any atom is 0.410 e. The van der Waals surface area contributed by atoms with Gasteiger partial charge in [-0.05, 0) is 63.2 Å². The van der Waals surface area contributed by atoms with Gasteiger partial charge in [-0.15, -0.1) is 0 Å². The summed E-state index contributed by atoms with van der Waals surface area (Å²) in [5.41, 5.74) is 5.51. The molecule has 6 heteroatoms. The zero-order chi connectivity index (χ0) is 26.3. The Morgan fingerprint density at radius 3 is 2.54 bits per heavy atom. The summed E-state index contributed by atoms with van der Waals surface area (Å²) in [6.07, 6.45) is 6.14. The first kappa shape index (κ1) is 26.3. The van der Waals surface area contributed by atoms with Crippen molar-refractivity contribution in [1.82, 2.24) is 15.1 Å². The van der Waals surface area contributed by atoms with Crippen molar-refractivity contribution >= 4 is 6.09 Å². The number of ether oxygens (including phenoxy) is 1. The highest BCUT2D eigenvalue weighted by atomic mass is 16.6. The van der Waals surface area contributed by atoms with Crippen LogP contribution in [0.3, 0.4) is 0 Å². The van der Waals surface area contributed by atoms with Crippen LogP contribution in [0, 0.1) is 11.8 Å². The van der Waals surface area contributed by atoms with Crippen LogP contribution in [0.25, 0.3) is 0 Å². The summed E-state index contributed by atoms with van der Waals surface area (Å²) < 4.78 is 5.73. The molecule has 3 unspecified atom stereocenters. The molecule has 0 bridgehead atoms. The van der Waals surface area contributed by atoms with E-state index in [0.29, 0.717) is 31.0 Å². The first-order valence-corrected chi connectivity index (χ1v) is 14.3. The molecule has 0 saturated heterocycles. The lowest BCUT2D eigenvalue weighted by Crippen LogP contribution is -2.48. The van der Waals surface area contributed by atoms with Crippen molar-refractivity contribution in [1.29, 1.82) is 0 Å². The number of rotatable bonds is 6. The number of carbonyl (C=O) groups excluding carboxylic acids is 1. The maximum atomic E-state index is 13.1.